The summed E-state index contributed by atoms with van der Waals surface area (Å²) in [7, 11) is -4.91. The fourth-order valence-corrected chi connectivity index (χ4v) is 1.83. The summed E-state index contributed by atoms with van der Waals surface area (Å²) in [6.45, 7) is -0.726. The number of rotatable bonds is 3. The lowest BCUT2D eigenvalue weighted by Gasteiger charge is -2.38. The first-order valence-electron chi connectivity index (χ1n) is 4.22. The molecule has 0 aromatic rings. The van der Waals surface area contributed by atoms with Crippen LogP contribution in [-0.4, -0.2) is 70.7 Å². The van der Waals surface area contributed by atoms with Crippen LogP contribution >= 0.6 is 0 Å². The predicted molar refractivity (Wildman–Crippen MR) is 46.4 cm³/mol. The molecule has 1 rings (SSSR count). The maximum Gasteiger partial charge on any atom is 0.397 e. The van der Waals surface area contributed by atoms with Gasteiger partial charge in [0.15, 0.2) is 6.29 Å². The molecule has 1 aliphatic heterocycles. The molecule has 5 N–H and O–H groups in total. The molecule has 0 spiro atoms. The normalized spacial score (nSPS) is 40.9. The molecule has 9 nitrogen and oxygen atoms in total. The van der Waals surface area contributed by atoms with E-state index in [4.69, 9.17) is 14.8 Å². The van der Waals surface area contributed by atoms with Gasteiger partial charge in [0.05, 0.1) is 6.61 Å². The van der Waals surface area contributed by atoms with Gasteiger partial charge in [-0.15, -0.1) is 0 Å². The molecule has 1 unspecified atom stereocenters. The van der Waals surface area contributed by atoms with Crippen LogP contribution in [0.25, 0.3) is 0 Å². The standard InChI is InChI=1S/C6H12O9S/c7-1-2-3(8)5(15-16(11,12)13)4(9)6(10)14-2/h2-10H,1H2,(H,11,12,13)/t2-,3-,4+,5+,6?/m1/s1. The van der Waals surface area contributed by atoms with Crippen LogP contribution in [0.5, 0.6) is 0 Å². The maximum absolute atomic E-state index is 10.4. The zero-order chi connectivity index (χ0) is 12.5. The smallest absolute Gasteiger partial charge is 0.394 e. The second-order valence-electron chi connectivity index (χ2n) is 3.22. The number of aliphatic hydroxyl groups is 4. The van der Waals surface area contributed by atoms with Gasteiger partial charge >= 0.3 is 10.4 Å². The Kier molecular flexibility index (Phi) is 4.20. The minimum atomic E-state index is -4.91. The Morgan fingerprint density at radius 3 is 2.19 bits per heavy atom. The van der Waals surface area contributed by atoms with Gasteiger partial charge in [-0.1, -0.05) is 0 Å². The summed E-state index contributed by atoms with van der Waals surface area (Å²) in [5.74, 6) is 0. The number of hydrogen-bond donors (Lipinski definition) is 5. The Morgan fingerprint density at radius 2 is 1.75 bits per heavy atom. The van der Waals surface area contributed by atoms with Gasteiger partial charge in [0.1, 0.15) is 24.4 Å². The van der Waals surface area contributed by atoms with E-state index in [2.05, 4.69) is 8.92 Å². The molecule has 0 aromatic heterocycles. The predicted octanol–water partition coefficient (Wildman–Crippen LogP) is -3.39. The quantitative estimate of drug-likeness (QED) is 0.327. The molecule has 1 saturated heterocycles. The van der Waals surface area contributed by atoms with Crippen molar-refractivity contribution in [3.8, 4) is 0 Å². The number of ether oxygens (including phenoxy) is 1. The summed E-state index contributed by atoms with van der Waals surface area (Å²) in [5, 5.41) is 36.5. The minimum absolute atomic E-state index is 0.726. The van der Waals surface area contributed by atoms with E-state index in [1.165, 1.54) is 0 Å². The van der Waals surface area contributed by atoms with Gasteiger partial charge in [0, 0.05) is 0 Å². The lowest BCUT2D eigenvalue weighted by Crippen LogP contribution is -2.59. The van der Waals surface area contributed by atoms with Crippen molar-refractivity contribution in [2.75, 3.05) is 6.61 Å². The van der Waals surface area contributed by atoms with Crippen molar-refractivity contribution in [3.63, 3.8) is 0 Å². The third kappa shape index (κ3) is 3.09. The van der Waals surface area contributed by atoms with Gasteiger partial charge in [-0.2, -0.15) is 8.42 Å². The Morgan fingerprint density at radius 1 is 1.19 bits per heavy atom. The third-order valence-corrected chi connectivity index (χ3v) is 2.54. The first-order chi connectivity index (χ1) is 7.26. The van der Waals surface area contributed by atoms with E-state index in [-0.39, 0.29) is 0 Å². The van der Waals surface area contributed by atoms with Crippen LogP contribution < -0.4 is 0 Å². The highest BCUT2D eigenvalue weighted by atomic mass is 32.3. The zero-order valence-electron chi connectivity index (χ0n) is 7.87. The van der Waals surface area contributed by atoms with Crippen LogP contribution in [0.1, 0.15) is 0 Å². The SMILES string of the molecule is O=S(=O)(O)O[C@H]1[C@H](O)[C@@H](CO)OC(O)[C@H]1O. The minimum Gasteiger partial charge on any atom is -0.394 e. The van der Waals surface area contributed by atoms with E-state index in [0.29, 0.717) is 0 Å². The second kappa shape index (κ2) is 4.89. The van der Waals surface area contributed by atoms with Crippen LogP contribution in [-0.2, 0) is 19.3 Å². The van der Waals surface area contributed by atoms with Gasteiger partial charge in [0.2, 0.25) is 0 Å². The van der Waals surface area contributed by atoms with Crippen molar-refractivity contribution in [2.24, 2.45) is 0 Å². The maximum atomic E-state index is 10.4. The summed E-state index contributed by atoms with van der Waals surface area (Å²) in [6.07, 6.45) is -8.58. The Hall–Kier alpha value is -0.330. The molecule has 0 aromatic carbocycles. The molecule has 0 radical (unpaired) electrons. The summed E-state index contributed by atoms with van der Waals surface area (Å²) in [6, 6.07) is 0. The molecular weight excluding hydrogens is 248 g/mol. The lowest BCUT2D eigenvalue weighted by molar-refractivity contribution is -0.282. The monoisotopic (exact) mass is 260 g/mol. The molecule has 0 bridgehead atoms. The van der Waals surface area contributed by atoms with Gasteiger partial charge in [-0.25, -0.2) is 4.18 Å². The van der Waals surface area contributed by atoms with Gasteiger partial charge in [0.25, 0.3) is 0 Å². The Labute approximate surface area is 90.8 Å². The average molecular weight is 260 g/mol. The van der Waals surface area contributed by atoms with Crippen LogP contribution in [0.15, 0.2) is 0 Å². The van der Waals surface area contributed by atoms with Crippen molar-refractivity contribution >= 4 is 10.4 Å². The molecule has 0 aliphatic carbocycles. The van der Waals surface area contributed by atoms with Crippen molar-refractivity contribution in [1.29, 1.82) is 0 Å². The van der Waals surface area contributed by atoms with Crippen molar-refractivity contribution in [3.05, 3.63) is 0 Å². The molecule has 5 atom stereocenters. The molecule has 1 heterocycles. The van der Waals surface area contributed by atoms with E-state index in [1.54, 1.807) is 0 Å². The van der Waals surface area contributed by atoms with Crippen molar-refractivity contribution in [1.82, 2.24) is 0 Å². The fraction of sp³-hybridized carbons (Fsp3) is 1.00. The first kappa shape index (κ1) is 13.7. The zero-order valence-corrected chi connectivity index (χ0v) is 8.69. The highest BCUT2D eigenvalue weighted by Crippen LogP contribution is 2.23. The molecule has 0 saturated carbocycles. The van der Waals surface area contributed by atoms with Gasteiger partial charge in [-0.3, -0.25) is 4.55 Å². The molecule has 96 valence electrons. The topological polar surface area (TPSA) is 154 Å². The van der Waals surface area contributed by atoms with Crippen molar-refractivity contribution < 1.29 is 42.3 Å². The molecule has 1 fully saturated rings. The fourth-order valence-electron chi connectivity index (χ4n) is 1.32. The first-order valence-corrected chi connectivity index (χ1v) is 5.59. The van der Waals surface area contributed by atoms with Crippen LogP contribution in [0.4, 0.5) is 0 Å². The van der Waals surface area contributed by atoms with E-state index >= 15 is 0 Å². The molecular formula is C6H12O9S. The van der Waals surface area contributed by atoms with E-state index in [0.717, 1.165) is 0 Å². The Bertz CT molecular complexity index is 327. The van der Waals surface area contributed by atoms with Crippen LogP contribution in [0.3, 0.4) is 0 Å². The van der Waals surface area contributed by atoms with E-state index in [9.17, 15) is 18.6 Å². The summed E-state index contributed by atoms with van der Waals surface area (Å²) in [4.78, 5) is 0. The van der Waals surface area contributed by atoms with Gasteiger partial charge in [-0.05, 0) is 0 Å². The van der Waals surface area contributed by atoms with Crippen molar-refractivity contribution in [2.45, 2.75) is 30.7 Å². The van der Waals surface area contributed by atoms with Crippen LogP contribution in [0, 0.1) is 0 Å². The lowest BCUT2D eigenvalue weighted by atomic mass is 9.99. The highest BCUT2D eigenvalue weighted by molar-refractivity contribution is 7.80. The average Bonchev–Trinajstić information content (AvgIpc) is 2.17. The molecule has 1 aliphatic rings. The number of hydrogen-bond acceptors (Lipinski definition) is 8. The summed E-state index contributed by atoms with van der Waals surface area (Å²) >= 11 is 0. The van der Waals surface area contributed by atoms with Crippen LogP contribution in [0.2, 0.25) is 0 Å². The largest absolute Gasteiger partial charge is 0.397 e. The summed E-state index contributed by atoms with van der Waals surface area (Å²) in [5.41, 5.74) is 0. The van der Waals surface area contributed by atoms with E-state index in [1.807, 2.05) is 0 Å². The molecule has 16 heavy (non-hydrogen) atoms. The second-order valence-corrected chi connectivity index (χ2v) is 4.27. The van der Waals surface area contributed by atoms with E-state index < -0.39 is 47.7 Å². The molecule has 10 heteroatoms. The van der Waals surface area contributed by atoms with Gasteiger partial charge < -0.3 is 25.2 Å². The third-order valence-electron chi connectivity index (χ3n) is 2.07. The Balaban J connectivity index is 2.85. The molecule has 0 amide bonds. The number of aliphatic hydroxyl groups excluding tert-OH is 4. The summed E-state index contributed by atoms with van der Waals surface area (Å²) < 4.78 is 37.8. The highest BCUT2D eigenvalue weighted by Gasteiger charge is 2.46.